The van der Waals surface area contributed by atoms with Gasteiger partial charge in [0.05, 0.1) is 40.3 Å². The van der Waals surface area contributed by atoms with Gasteiger partial charge in [-0.25, -0.2) is 56.7 Å². The predicted octanol–water partition coefficient (Wildman–Crippen LogP) is 8.24. The van der Waals surface area contributed by atoms with E-state index in [1.165, 1.54) is 53.2 Å². The fraction of sp³-hybridized carbons (Fsp3) is 0.333. The van der Waals surface area contributed by atoms with Crippen molar-refractivity contribution in [2.75, 3.05) is 48.5 Å². The van der Waals surface area contributed by atoms with Crippen LogP contribution in [0.3, 0.4) is 0 Å². The minimum Gasteiger partial charge on any atom is -0.467 e. The van der Waals surface area contributed by atoms with Crippen molar-refractivity contribution in [3.63, 3.8) is 0 Å². The summed E-state index contributed by atoms with van der Waals surface area (Å²) in [6.45, 7) is 7.86. The molecule has 0 radical (unpaired) electrons. The minimum absolute atomic E-state index is 0.0250. The van der Waals surface area contributed by atoms with Gasteiger partial charge < -0.3 is 29.3 Å². The van der Waals surface area contributed by atoms with Crippen LogP contribution in [-0.2, 0) is 19.7 Å². The fourth-order valence-corrected chi connectivity index (χ4v) is 11.9. The van der Waals surface area contributed by atoms with Crippen molar-refractivity contribution in [2.45, 2.75) is 61.5 Å². The van der Waals surface area contributed by atoms with Gasteiger partial charge in [-0.2, -0.15) is 0 Å². The fourth-order valence-electron chi connectivity index (χ4n) is 8.24. The maximum atomic E-state index is 11.7. The molecule has 0 saturated carbocycles. The van der Waals surface area contributed by atoms with E-state index >= 15 is 0 Å². The smallest absolute Gasteiger partial charge is 0.467 e. The standard InChI is InChI=1S/C24H24ClN5O3S2.C17H17BrClN5OS.C7H9BO4S/c1-15(16-9-11-30(12-10-16)22-14-26-21(25)13-27-22)33-24-29-20-8-7-19(28-23(20)34-24)17-3-5-18(6-4-17)35(2,31)32;1-10(25-17-22-12-2-3-13(18)23-16(12)26-17)11-4-6-24(7-5-11)15-9-20-14(19)8-21-15;1-13(11,12)7-4-2-6(3-5-7)8(9)10/h3-8,13-16H,9-12H2,1-2H3;2-3,8-11H,4-7H2,1H3;2-5,9-10H,1H3. The zero-order chi connectivity index (χ0) is 52.7. The van der Waals surface area contributed by atoms with Gasteiger partial charge in [-0.1, -0.05) is 70.1 Å². The summed E-state index contributed by atoms with van der Waals surface area (Å²) >= 11 is 18.0. The monoisotopic (exact) mass is 1180 g/mol. The largest absolute Gasteiger partial charge is 0.488 e. The van der Waals surface area contributed by atoms with Crippen LogP contribution >= 0.6 is 61.8 Å². The molecule has 2 fully saturated rings. The summed E-state index contributed by atoms with van der Waals surface area (Å²) in [5.41, 5.74) is 3.54. The minimum atomic E-state index is -3.23. The molecule has 388 valence electrons. The number of rotatable bonds is 12. The van der Waals surface area contributed by atoms with Crippen LogP contribution in [0, 0.1) is 11.8 Å². The summed E-state index contributed by atoms with van der Waals surface area (Å²) in [4.78, 5) is 41.8. The summed E-state index contributed by atoms with van der Waals surface area (Å²) in [6, 6.07) is 19.8. The molecule has 0 aliphatic carbocycles. The summed E-state index contributed by atoms with van der Waals surface area (Å²) in [6.07, 6.45) is 13.1. The summed E-state index contributed by atoms with van der Waals surface area (Å²) < 4.78 is 58.6. The SMILES string of the molecule is CC(Oc1nc2ccc(-c3ccc(S(C)(=O)=O)cc3)nc2s1)C1CCN(c2cnc(Cl)cn2)CC1.CC(Oc1nc2ccc(Br)nc2s1)C1CCN(c2cnc(Cl)cn2)CC1.CS(=O)(=O)c1ccc(B(O)O)cc1. The Labute approximate surface area is 455 Å². The molecule has 2 N–H and O–H groups in total. The summed E-state index contributed by atoms with van der Waals surface area (Å²) in [5.74, 6) is 2.62. The van der Waals surface area contributed by atoms with Gasteiger partial charge in [0.1, 0.15) is 59.4 Å². The molecule has 18 nitrogen and oxygen atoms in total. The second-order valence-corrected chi connectivity index (χ2v) is 25.1. The first kappa shape index (κ1) is 55.1. The third kappa shape index (κ3) is 14.6. The van der Waals surface area contributed by atoms with Crippen molar-refractivity contribution in [3.05, 3.63) is 112 Å². The van der Waals surface area contributed by atoms with Crippen molar-refractivity contribution in [3.8, 4) is 21.6 Å². The highest BCUT2D eigenvalue weighted by molar-refractivity contribution is 9.10. The number of anilines is 2. The van der Waals surface area contributed by atoms with Gasteiger partial charge in [0.25, 0.3) is 10.4 Å². The molecular weight excluding hydrogens is 1130 g/mol. The van der Waals surface area contributed by atoms with E-state index in [0.717, 1.165) is 106 Å². The molecule has 2 aromatic carbocycles. The number of aromatic nitrogens is 8. The first-order valence-electron chi connectivity index (χ1n) is 23.2. The molecule has 8 heterocycles. The van der Waals surface area contributed by atoms with E-state index < -0.39 is 26.8 Å². The zero-order valence-corrected chi connectivity index (χ0v) is 46.7. The number of hydrogen-bond donors (Lipinski definition) is 2. The Kier molecular flexibility index (Phi) is 18.0. The van der Waals surface area contributed by atoms with Gasteiger partial charge in [0, 0.05) is 44.3 Å². The van der Waals surface area contributed by atoms with Crippen molar-refractivity contribution in [1.29, 1.82) is 0 Å². The van der Waals surface area contributed by atoms with Crippen LogP contribution in [0.5, 0.6) is 10.4 Å². The molecule has 0 spiro atoms. The van der Waals surface area contributed by atoms with E-state index in [1.807, 2.05) is 24.3 Å². The first-order valence-corrected chi connectivity index (χ1v) is 30.2. The molecule has 2 atom stereocenters. The van der Waals surface area contributed by atoms with Crippen molar-refractivity contribution < 1.29 is 36.4 Å². The van der Waals surface area contributed by atoms with Crippen LogP contribution in [0.4, 0.5) is 11.6 Å². The molecule has 74 heavy (non-hydrogen) atoms. The van der Waals surface area contributed by atoms with Gasteiger partial charge in [0.15, 0.2) is 19.7 Å². The molecular formula is C48H50BBrCl2N10O8S4. The molecule has 0 bridgehead atoms. The van der Waals surface area contributed by atoms with Crippen molar-refractivity contribution in [1.82, 2.24) is 39.9 Å². The van der Waals surface area contributed by atoms with Crippen molar-refractivity contribution >= 4 is 126 Å². The van der Waals surface area contributed by atoms with Crippen LogP contribution in [0.15, 0.2) is 112 Å². The normalized spacial score (nSPS) is 15.4. The van der Waals surface area contributed by atoms with E-state index in [4.69, 9.17) is 47.7 Å². The maximum Gasteiger partial charge on any atom is 0.488 e. The number of benzene rings is 2. The molecule has 2 aliphatic rings. The van der Waals surface area contributed by atoms with E-state index in [0.29, 0.717) is 32.5 Å². The van der Waals surface area contributed by atoms with Gasteiger partial charge in [-0.3, -0.25) is 0 Å². The van der Waals surface area contributed by atoms with E-state index in [-0.39, 0.29) is 27.5 Å². The van der Waals surface area contributed by atoms with E-state index in [1.54, 1.807) is 49.1 Å². The Bertz CT molecular complexity index is 3390. The number of nitrogens with zero attached hydrogens (tertiary/aromatic N) is 10. The van der Waals surface area contributed by atoms with Gasteiger partial charge in [-0.15, -0.1) is 0 Å². The number of sulfone groups is 2. The molecule has 10 rings (SSSR count). The number of halogens is 3. The Hall–Kier alpha value is -5.18. The van der Waals surface area contributed by atoms with Crippen LogP contribution in [-0.4, -0.2) is 125 Å². The highest BCUT2D eigenvalue weighted by Gasteiger charge is 2.28. The molecule has 2 saturated heterocycles. The number of pyridine rings is 2. The van der Waals surface area contributed by atoms with Gasteiger partial charge in [0.2, 0.25) is 0 Å². The van der Waals surface area contributed by atoms with Crippen molar-refractivity contribution in [2.24, 2.45) is 11.8 Å². The lowest BCUT2D eigenvalue weighted by Crippen LogP contribution is -2.39. The molecule has 2 aliphatic heterocycles. The Balaban J connectivity index is 0.000000164. The second kappa shape index (κ2) is 24.2. The first-order chi connectivity index (χ1) is 35.2. The lowest BCUT2D eigenvalue weighted by Gasteiger charge is -2.34. The van der Waals surface area contributed by atoms with E-state index in [2.05, 4.69) is 74.5 Å². The second-order valence-electron chi connectivity index (χ2n) is 17.6. The molecule has 26 heteroatoms. The lowest BCUT2D eigenvalue weighted by atomic mass is 9.81. The third-order valence-electron chi connectivity index (χ3n) is 12.5. The quantitative estimate of drug-likeness (QED) is 0.0865. The summed E-state index contributed by atoms with van der Waals surface area (Å²) in [7, 11) is -8.00. The Morgan fingerprint density at radius 2 is 1.04 bits per heavy atom. The average Bonchev–Trinajstić information content (AvgIpc) is 3.99. The van der Waals surface area contributed by atoms with Crippen LogP contribution in [0.2, 0.25) is 10.3 Å². The molecule has 0 amide bonds. The molecule has 6 aromatic heterocycles. The highest BCUT2D eigenvalue weighted by Crippen LogP contribution is 2.34. The lowest BCUT2D eigenvalue weighted by molar-refractivity contribution is 0.132. The van der Waals surface area contributed by atoms with E-state index in [9.17, 15) is 16.8 Å². The number of hydrogen-bond acceptors (Lipinski definition) is 20. The number of thiazole rings is 2. The zero-order valence-electron chi connectivity index (χ0n) is 40.4. The predicted molar refractivity (Wildman–Crippen MR) is 295 cm³/mol. The number of ether oxygens (including phenoxy) is 2. The van der Waals surface area contributed by atoms with Crippen LogP contribution in [0.1, 0.15) is 39.5 Å². The Morgan fingerprint density at radius 1 is 0.608 bits per heavy atom. The summed E-state index contributed by atoms with van der Waals surface area (Å²) in [5, 5.41) is 19.6. The Morgan fingerprint density at radius 3 is 1.46 bits per heavy atom. The van der Waals surface area contributed by atoms with Crippen LogP contribution < -0.4 is 24.7 Å². The maximum absolute atomic E-state index is 11.7. The number of fused-ring (bicyclic) bond motifs is 2. The average molecular weight is 1180 g/mol. The van der Waals surface area contributed by atoms with Crippen LogP contribution in [0.25, 0.3) is 32.0 Å². The van der Waals surface area contributed by atoms with Gasteiger partial charge >= 0.3 is 7.12 Å². The molecule has 2 unspecified atom stereocenters. The highest BCUT2D eigenvalue weighted by atomic mass is 79.9. The number of piperidine rings is 2. The third-order valence-corrected chi connectivity index (χ3v) is 17.3. The topological polar surface area (TPSA) is 237 Å². The molecule has 8 aromatic rings. The van der Waals surface area contributed by atoms with Gasteiger partial charge in [-0.05, 0) is 121 Å².